The van der Waals surface area contributed by atoms with Crippen molar-refractivity contribution in [1.29, 1.82) is 0 Å². The second-order valence-corrected chi connectivity index (χ2v) is 2.32. The average molecular weight is 115 g/mol. The maximum atomic E-state index is 5.18. The van der Waals surface area contributed by atoms with Crippen molar-refractivity contribution in [2.45, 2.75) is 20.3 Å². The van der Waals surface area contributed by atoms with Crippen LogP contribution in [0.2, 0.25) is 0 Å². The number of hydrogen-bond donors (Lipinski definition) is 0. The summed E-state index contributed by atoms with van der Waals surface area (Å²) >= 11 is 0. The molecule has 0 saturated carbocycles. The Morgan fingerprint density at radius 3 is 2.50 bits per heavy atom. The molecule has 0 atom stereocenters. The molecule has 8 heavy (non-hydrogen) atoms. The second-order valence-electron chi connectivity index (χ2n) is 2.32. The molecule has 1 heteroatoms. The van der Waals surface area contributed by atoms with Crippen molar-refractivity contribution in [3.63, 3.8) is 0 Å². The van der Waals surface area contributed by atoms with Crippen LogP contribution in [0.1, 0.15) is 20.3 Å². The number of rotatable bonds is 4. The van der Waals surface area contributed by atoms with E-state index < -0.39 is 0 Å². The summed E-state index contributed by atoms with van der Waals surface area (Å²) in [5, 5.41) is 0. The van der Waals surface area contributed by atoms with Crippen LogP contribution in [-0.4, -0.2) is 13.2 Å². The summed E-state index contributed by atoms with van der Waals surface area (Å²) < 4.78 is 5.18. The third kappa shape index (κ3) is 5.96. The lowest BCUT2D eigenvalue weighted by Gasteiger charge is -2.03. The van der Waals surface area contributed by atoms with Gasteiger partial charge in [-0.15, -0.1) is 0 Å². The van der Waals surface area contributed by atoms with E-state index in [1.54, 1.807) is 0 Å². The van der Waals surface area contributed by atoms with E-state index in [2.05, 4.69) is 20.8 Å². The van der Waals surface area contributed by atoms with Gasteiger partial charge in [-0.25, -0.2) is 0 Å². The van der Waals surface area contributed by atoms with Crippen LogP contribution in [0.25, 0.3) is 0 Å². The molecule has 0 aliphatic rings. The van der Waals surface area contributed by atoms with E-state index in [0.717, 1.165) is 19.6 Å². The summed E-state index contributed by atoms with van der Waals surface area (Å²) in [6, 6.07) is 0. The van der Waals surface area contributed by atoms with Crippen molar-refractivity contribution >= 4 is 0 Å². The van der Waals surface area contributed by atoms with Crippen LogP contribution < -0.4 is 0 Å². The summed E-state index contributed by atoms with van der Waals surface area (Å²) in [6.45, 7) is 9.62. The van der Waals surface area contributed by atoms with Crippen molar-refractivity contribution in [2.75, 3.05) is 13.2 Å². The van der Waals surface area contributed by atoms with Crippen LogP contribution in [0.5, 0.6) is 0 Å². The molecule has 0 spiro atoms. The number of hydrogen-bond acceptors (Lipinski definition) is 1. The van der Waals surface area contributed by atoms with Gasteiger partial charge in [-0.2, -0.15) is 0 Å². The van der Waals surface area contributed by atoms with Gasteiger partial charge in [-0.3, -0.25) is 0 Å². The maximum Gasteiger partial charge on any atom is 0.0488 e. The molecule has 1 radical (unpaired) electrons. The minimum atomic E-state index is 0.654. The highest BCUT2D eigenvalue weighted by Gasteiger charge is 1.90. The molecule has 0 saturated heterocycles. The molecule has 0 aliphatic carbocycles. The molecular formula is C7H15O. The Hall–Kier alpha value is -0.0400. The number of ether oxygens (including phenoxy) is 1. The molecule has 0 heterocycles. The zero-order chi connectivity index (χ0) is 6.41. The molecule has 0 aliphatic heterocycles. The van der Waals surface area contributed by atoms with Crippen molar-refractivity contribution in [1.82, 2.24) is 0 Å². The summed E-state index contributed by atoms with van der Waals surface area (Å²) in [6.07, 6.45) is 0.882. The zero-order valence-corrected chi connectivity index (χ0v) is 5.81. The first kappa shape index (κ1) is 7.96. The highest BCUT2D eigenvalue weighted by atomic mass is 16.5. The van der Waals surface area contributed by atoms with E-state index in [0.29, 0.717) is 5.92 Å². The Morgan fingerprint density at radius 1 is 1.50 bits per heavy atom. The first-order chi connectivity index (χ1) is 3.77. The lowest BCUT2D eigenvalue weighted by Crippen LogP contribution is -2.01. The molecule has 0 aromatic heterocycles. The average Bonchev–Trinajstić information content (AvgIpc) is 1.66. The third-order valence-corrected chi connectivity index (χ3v) is 0.740. The van der Waals surface area contributed by atoms with Gasteiger partial charge in [0.2, 0.25) is 0 Å². The molecule has 49 valence electrons. The fourth-order valence-corrected chi connectivity index (χ4v) is 0.421. The highest BCUT2D eigenvalue weighted by molar-refractivity contribution is 4.40. The summed E-state index contributed by atoms with van der Waals surface area (Å²) in [5.41, 5.74) is 0. The molecule has 0 aromatic carbocycles. The van der Waals surface area contributed by atoms with Crippen LogP contribution in [0.3, 0.4) is 0 Å². The van der Waals surface area contributed by atoms with Crippen LogP contribution in [0.15, 0.2) is 0 Å². The SMILES string of the molecule is [CH2]CCOCC(C)C. The summed E-state index contributed by atoms with van der Waals surface area (Å²) in [4.78, 5) is 0. The largest absolute Gasteiger partial charge is 0.381 e. The smallest absolute Gasteiger partial charge is 0.0488 e. The van der Waals surface area contributed by atoms with Crippen molar-refractivity contribution in [3.05, 3.63) is 6.92 Å². The van der Waals surface area contributed by atoms with Crippen molar-refractivity contribution < 1.29 is 4.74 Å². The van der Waals surface area contributed by atoms with Gasteiger partial charge in [-0.05, 0) is 12.3 Å². The molecule has 0 fully saturated rings. The normalized spacial score (nSPS) is 10.5. The Balaban J connectivity index is 2.72. The molecule has 0 unspecified atom stereocenters. The fraction of sp³-hybridized carbons (Fsp3) is 0.857. The van der Waals surface area contributed by atoms with Crippen LogP contribution in [0.4, 0.5) is 0 Å². The lowest BCUT2D eigenvalue weighted by molar-refractivity contribution is 0.113. The first-order valence-corrected chi connectivity index (χ1v) is 3.14. The van der Waals surface area contributed by atoms with E-state index in [1.165, 1.54) is 0 Å². The predicted octanol–water partition coefficient (Wildman–Crippen LogP) is 1.88. The molecule has 0 amide bonds. The van der Waals surface area contributed by atoms with Gasteiger partial charge in [0.25, 0.3) is 0 Å². The van der Waals surface area contributed by atoms with Gasteiger partial charge in [0.15, 0.2) is 0 Å². The van der Waals surface area contributed by atoms with Crippen LogP contribution in [0, 0.1) is 12.8 Å². The van der Waals surface area contributed by atoms with Gasteiger partial charge >= 0.3 is 0 Å². The zero-order valence-electron chi connectivity index (χ0n) is 5.81. The van der Waals surface area contributed by atoms with Crippen molar-refractivity contribution in [3.8, 4) is 0 Å². The van der Waals surface area contributed by atoms with E-state index >= 15 is 0 Å². The first-order valence-electron chi connectivity index (χ1n) is 3.14. The third-order valence-electron chi connectivity index (χ3n) is 0.740. The van der Waals surface area contributed by atoms with Gasteiger partial charge in [0.1, 0.15) is 0 Å². The lowest BCUT2D eigenvalue weighted by atomic mass is 10.2. The monoisotopic (exact) mass is 115 g/mol. The highest BCUT2D eigenvalue weighted by Crippen LogP contribution is 1.91. The quantitative estimate of drug-likeness (QED) is 0.508. The minimum absolute atomic E-state index is 0.654. The minimum Gasteiger partial charge on any atom is -0.381 e. The fourth-order valence-electron chi connectivity index (χ4n) is 0.421. The predicted molar refractivity (Wildman–Crippen MR) is 35.6 cm³/mol. The Kier molecular flexibility index (Phi) is 5.08. The Morgan fingerprint density at radius 2 is 2.12 bits per heavy atom. The van der Waals surface area contributed by atoms with E-state index in [9.17, 15) is 0 Å². The molecule has 0 bridgehead atoms. The topological polar surface area (TPSA) is 9.23 Å². The molecule has 1 nitrogen and oxygen atoms in total. The van der Waals surface area contributed by atoms with E-state index in [-0.39, 0.29) is 0 Å². The van der Waals surface area contributed by atoms with E-state index in [4.69, 9.17) is 4.74 Å². The molecule has 0 rings (SSSR count). The molecular weight excluding hydrogens is 100 g/mol. The van der Waals surface area contributed by atoms with Crippen LogP contribution >= 0.6 is 0 Å². The molecule has 0 N–H and O–H groups in total. The van der Waals surface area contributed by atoms with Crippen LogP contribution in [-0.2, 0) is 4.74 Å². The Labute approximate surface area is 52.0 Å². The van der Waals surface area contributed by atoms with E-state index in [1.807, 2.05) is 0 Å². The summed E-state index contributed by atoms with van der Waals surface area (Å²) in [7, 11) is 0. The second kappa shape index (κ2) is 5.10. The van der Waals surface area contributed by atoms with Gasteiger partial charge in [0.05, 0.1) is 0 Å². The van der Waals surface area contributed by atoms with Gasteiger partial charge < -0.3 is 4.74 Å². The Bertz CT molecular complexity index is 41.7. The summed E-state index contributed by atoms with van der Waals surface area (Å²) in [5.74, 6) is 0.654. The molecule has 0 aromatic rings. The maximum absolute atomic E-state index is 5.18. The standard InChI is InChI=1S/C7H15O/c1-4-5-8-6-7(2)3/h7H,1,4-6H2,2-3H3. The van der Waals surface area contributed by atoms with Gasteiger partial charge in [0, 0.05) is 13.2 Å². The van der Waals surface area contributed by atoms with Gasteiger partial charge in [-0.1, -0.05) is 20.8 Å². The van der Waals surface area contributed by atoms with Crippen molar-refractivity contribution in [2.24, 2.45) is 5.92 Å².